The Morgan fingerprint density at radius 2 is 2.05 bits per heavy atom. The van der Waals surface area contributed by atoms with E-state index in [1.54, 1.807) is 0 Å². The van der Waals surface area contributed by atoms with Gasteiger partial charge in [0.1, 0.15) is 11.9 Å². The lowest BCUT2D eigenvalue weighted by molar-refractivity contribution is -0.137. The van der Waals surface area contributed by atoms with E-state index in [4.69, 9.17) is 9.47 Å². The van der Waals surface area contributed by atoms with Crippen LogP contribution in [0, 0.1) is 0 Å². The number of likely N-dealkylation sites (tertiary alicyclic amines) is 1. The van der Waals surface area contributed by atoms with Crippen LogP contribution >= 0.6 is 0 Å². The van der Waals surface area contributed by atoms with Gasteiger partial charge in [-0.05, 0) is 44.2 Å². The van der Waals surface area contributed by atoms with Gasteiger partial charge in [-0.25, -0.2) is 0 Å². The predicted octanol–water partition coefficient (Wildman–Crippen LogP) is 3.02. The summed E-state index contributed by atoms with van der Waals surface area (Å²) in [6.07, 6.45) is 6.10. The SMILES string of the molecule is O=C(CC1CCCCO1)N1CCCC(Oc2ccccc2)C1. The number of nitrogens with zero attached hydrogens (tertiary/aromatic N) is 1. The molecule has 1 aromatic carbocycles. The van der Waals surface area contributed by atoms with Crippen LogP contribution in [0.25, 0.3) is 0 Å². The number of carbonyl (C=O) groups excluding carboxylic acids is 1. The van der Waals surface area contributed by atoms with E-state index in [1.807, 2.05) is 35.2 Å². The number of hydrogen-bond acceptors (Lipinski definition) is 3. The van der Waals surface area contributed by atoms with Crippen molar-refractivity contribution in [2.75, 3.05) is 19.7 Å². The molecular formula is C18H25NO3. The van der Waals surface area contributed by atoms with Crippen molar-refractivity contribution in [3.8, 4) is 5.75 Å². The summed E-state index contributed by atoms with van der Waals surface area (Å²) in [5.41, 5.74) is 0. The summed E-state index contributed by atoms with van der Waals surface area (Å²) in [5, 5.41) is 0. The number of amides is 1. The van der Waals surface area contributed by atoms with Crippen molar-refractivity contribution in [2.24, 2.45) is 0 Å². The number of ether oxygens (including phenoxy) is 2. The molecule has 0 aromatic heterocycles. The second-order valence-corrected chi connectivity index (χ2v) is 6.23. The molecule has 3 rings (SSSR count). The molecule has 2 unspecified atom stereocenters. The monoisotopic (exact) mass is 303 g/mol. The summed E-state index contributed by atoms with van der Waals surface area (Å²) in [4.78, 5) is 14.4. The summed E-state index contributed by atoms with van der Waals surface area (Å²) >= 11 is 0. The zero-order chi connectivity index (χ0) is 15.2. The Morgan fingerprint density at radius 1 is 1.18 bits per heavy atom. The van der Waals surface area contributed by atoms with Crippen LogP contribution in [-0.2, 0) is 9.53 Å². The third kappa shape index (κ3) is 4.23. The Morgan fingerprint density at radius 3 is 2.82 bits per heavy atom. The van der Waals surface area contributed by atoms with Gasteiger partial charge in [-0.3, -0.25) is 4.79 Å². The standard InChI is InChI=1S/C18H25NO3/c20-18(13-16-9-4-5-12-21-16)19-11-6-10-17(14-19)22-15-7-2-1-3-8-15/h1-3,7-8,16-17H,4-6,9-14H2. The third-order valence-corrected chi connectivity index (χ3v) is 4.45. The van der Waals surface area contributed by atoms with E-state index in [0.29, 0.717) is 13.0 Å². The molecule has 1 aromatic rings. The first kappa shape index (κ1) is 15.3. The molecule has 0 saturated carbocycles. The second-order valence-electron chi connectivity index (χ2n) is 6.23. The van der Waals surface area contributed by atoms with Gasteiger partial charge in [-0.2, -0.15) is 0 Å². The molecule has 2 aliphatic heterocycles. The Kier molecular flexibility index (Phi) is 5.33. The van der Waals surface area contributed by atoms with Gasteiger partial charge in [0, 0.05) is 13.2 Å². The molecule has 2 heterocycles. The van der Waals surface area contributed by atoms with Crippen molar-refractivity contribution in [1.82, 2.24) is 4.90 Å². The average molecular weight is 303 g/mol. The molecule has 2 fully saturated rings. The molecule has 0 spiro atoms. The molecule has 0 bridgehead atoms. The molecule has 120 valence electrons. The van der Waals surface area contributed by atoms with E-state index in [2.05, 4.69) is 0 Å². The summed E-state index contributed by atoms with van der Waals surface area (Å²) < 4.78 is 11.7. The highest BCUT2D eigenvalue weighted by atomic mass is 16.5. The van der Waals surface area contributed by atoms with E-state index in [9.17, 15) is 4.79 Å². The van der Waals surface area contributed by atoms with E-state index in [1.165, 1.54) is 6.42 Å². The lowest BCUT2D eigenvalue weighted by atomic mass is 10.0. The molecule has 2 saturated heterocycles. The van der Waals surface area contributed by atoms with Crippen LogP contribution in [0.4, 0.5) is 0 Å². The van der Waals surface area contributed by atoms with Crippen molar-refractivity contribution in [2.45, 2.75) is 50.7 Å². The lowest BCUT2D eigenvalue weighted by Crippen LogP contribution is -2.45. The van der Waals surface area contributed by atoms with Crippen LogP contribution in [0.2, 0.25) is 0 Å². The largest absolute Gasteiger partial charge is 0.489 e. The van der Waals surface area contributed by atoms with Gasteiger partial charge in [0.2, 0.25) is 5.91 Å². The fraction of sp³-hybridized carbons (Fsp3) is 0.611. The van der Waals surface area contributed by atoms with Crippen LogP contribution in [0.3, 0.4) is 0 Å². The molecule has 4 nitrogen and oxygen atoms in total. The topological polar surface area (TPSA) is 38.8 Å². The highest BCUT2D eigenvalue weighted by Gasteiger charge is 2.27. The lowest BCUT2D eigenvalue weighted by Gasteiger charge is -2.34. The van der Waals surface area contributed by atoms with Crippen LogP contribution in [-0.4, -0.2) is 42.7 Å². The fourth-order valence-electron chi connectivity index (χ4n) is 3.24. The fourth-order valence-corrected chi connectivity index (χ4v) is 3.24. The third-order valence-electron chi connectivity index (χ3n) is 4.45. The van der Waals surface area contributed by atoms with Crippen LogP contribution in [0.15, 0.2) is 30.3 Å². The second kappa shape index (κ2) is 7.63. The van der Waals surface area contributed by atoms with E-state index >= 15 is 0 Å². The predicted molar refractivity (Wildman–Crippen MR) is 84.9 cm³/mol. The maximum Gasteiger partial charge on any atom is 0.225 e. The highest BCUT2D eigenvalue weighted by Crippen LogP contribution is 2.21. The minimum atomic E-state index is 0.104. The molecule has 2 aliphatic rings. The highest BCUT2D eigenvalue weighted by molar-refractivity contribution is 5.76. The van der Waals surface area contributed by atoms with E-state index in [-0.39, 0.29) is 18.1 Å². The van der Waals surface area contributed by atoms with Gasteiger partial charge in [0.25, 0.3) is 0 Å². The number of benzene rings is 1. The first-order valence-corrected chi connectivity index (χ1v) is 8.42. The molecule has 22 heavy (non-hydrogen) atoms. The first-order chi connectivity index (χ1) is 10.8. The smallest absolute Gasteiger partial charge is 0.225 e. The summed E-state index contributed by atoms with van der Waals surface area (Å²) in [5.74, 6) is 1.10. The molecule has 4 heteroatoms. The van der Waals surface area contributed by atoms with Gasteiger partial charge in [0.15, 0.2) is 0 Å². The first-order valence-electron chi connectivity index (χ1n) is 8.42. The number of para-hydroxylation sites is 1. The zero-order valence-corrected chi connectivity index (χ0v) is 13.1. The van der Waals surface area contributed by atoms with Crippen molar-refractivity contribution in [3.05, 3.63) is 30.3 Å². The minimum Gasteiger partial charge on any atom is -0.489 e. The van der Waals surface area contributed by atoms with Gasteiger partial charge in [-0.15, -0.1) is 0 Å². The Labute approximate surface area is 132 Å². The number of hydrogen-bond donors (Lipinski definition) is 0. The Hall–Kier alpha value is -1.55. The van der Waals surface area contributed by atoms with Crippen LogP contribution in [0.1, 0.15) is 38.5 Å². The molecule has 0 N–H and O–H groups in total. The maximum atomic E-state index is 12.5. The van der Waals surface area contributed by atoms with Crippen molar-refractivity contribution < 1.29 is 14.3 Å². The zero-order valence-electron chi connectivity index (χ0n) is 13.1. The normalized spacial score (nSPS) is 25.7. The van der Waals surface area contributed by atoms with Gasteiger partial charge in [0.05, 0.1) is 19.1 Å². The summed E-state index contributed by atoms with van der Waals surface area (Å²) in [7, 11) is 0. The van der Waals surface area contributed by atoms with Gasteiger partial charge in [-0.1, -0.05) is 18.2 Å². The number of rotatable bonds is 4. The molecule has 2 atom stereocenters. The quantitative estimate of drug-likeness (QED) is 0.858. The summed E-state index contributed by atoms with van der Waals surface area (Å²) in [6, 6.07) is 9.87. The van der Waals surface area contributed by atoms with Gasteiger partial charge >= 0.3 is 0 Å². The van der Waals surface area contributed by atoms with Crippen LogP contribution < -0.4 is 4.74 Å². The average Bonchev–Trinajstić information content (AvgIpc) is 2.57. The molecule has 0 radical (unpaired) electrons. The number of carbonyl (C=O) groups is 1. The summed E-state index contributed by atoms with van der Waals surface area (Å²) in [6.45, 7) is 2.35. The Balaban J connectivity index is 1.50. The molecule has 0 aliphatic carbocycles. The van der Waals surface area contributed by atoms with Crippen molar-refractivity contribution in [1.29, 1.82) is 0 Å². The molecule has 1 amide bonds. The van der Waals surface area contributed by atoms with Crippen molar-refractivity contribution in [3.63, 3.8) is 0 Å². The Bertz CT molecular complexity index is 470. The van der Waals surface area contributed by atoms with E-state index in [0.717, 1.165) is 44.6 Å². The van der Waals surface area contributed by atoms with E-state index < -0.39 is 0 Å². The van der Waals surface area contributed by atoms with Crippen LogP contribution in [0.5, 0.6) is 5.75 Å². The number of piperidine rings is 1. The van der Waals surface area contributed by atoms with Crippen molar-refractivity contribution >= 4 is 5.91 Å². The maximum absolute atomic E-state index is 12.5. The van der Waals surface area contributed by atoms with Gasteiger partial charge < -0.3 is 14.4 Å². The molecular weight excluding hydrogens is 278 g/mol. The minimum absolute atomic E-state index is 0.104.